The van der Waals surface area contributed by atoms with Gasteiger partial charge in [0.2, 0.25) is 0 Å². The predicted octanol–water partition coefficient (Wildman–Crippen LogP) is 0.717. The highest BCUT2D eigenvalue weighted by Gasteiger charge is 2.11. The fourth-order valence-electron chi connectivity index (χ4n) is 1.10. The standard InChI is InChI=1S/C10H12N2O2S/c1-6-3-2-4-7(9(6)13)10(14)12-5-8(11)15/h2-4,13H,5H2,1H3,(H2,11,15)(H,12,14). The number of para-hydroxylation sites is 1. The monoisotopic (exact) mass is 224 g/mol. The van der Waals surface area contributed by atoms with E-state index < -0.39 is 0 Å². The van der Waals surface area contributed by atoms with Gasteiger partial charge in [-0.25, -0.2) is 0 Å². The molecule has 15 heavy (non-hydrogen) atoms. The second kappa shape index (κ2) is 4.75. The van der Waals surface area contributed by atoms with Crippen molar-refractivity contribution in [2.75, 3.05) is 6.54 Å². The molecule has 0 saturated heterocycles. The Labute approximate surface area is 93.1 Å². The van der Waals surface area contributed by atoms with Crippen molar-refractivity contribution in [2.45, 2.75) is 6.92 Å². The molecule has 0 saturated carbocycles. The van der Waals surface area contributed by atoms with Gasteiger partial charge in [-0.15, -0.1) is 0 Å². The molecule has 0 aliphatic heterocycles. The molecule has 0 bridgehead atoms. The SMILES string of the molecule is Cc1cccc(C(=O)NCC(N)=S)c1O. The summed E-state index contributed by atoms with van der Waals surface area (Å²) >= 11 is 4.62. The number of carbonyl (C=O) groups is 1. The Balaban J connectivity index is 2.82. The van der Waals surface area contributed by atoms with Gasteiger partial charge in [0.25, 0.3) is 5.91 Å². The summed E-state index contributed by atoms with van der Waals surface area (Å²) in [5.74, 6) is -0.401. The van der Waals surface area contributed by atoms with Crippen molar-refractivity contribution in [3.8, 4) is 5.75 Å². The number of carbonyl (C=O) groups excluding carboxylic acids is 1. The van der Waals surface area contributed by atoms with Crippen LogP contribution in [-0.2, 0) is 0 Å². The van der Waals surface area contributed by atoms with E-state index in [9.17, 15) is 9.90 Å². The van der Waals surface area contributed by atoms with Gasteiger partial charge >= 0.3 is 0 Å². The average Bonchev–Trinajstić information content (AvgIpc) is 2.18. The Morgan fingerprint density at radius 3 is 2.87 bits per heavy atom. The van der Waals surface area contributed by atoms with Gasteiger partial charge in [0.05, 0.1) is 17.1 Å². The third kappa shape index (κ3) is 2.92. The van der Waals surface area contributed by atoms with E-state index >= 15 is 0 Å². The van der Waals surface area contributed by atoms with Crippen LogP contribution in [0, 0.1) is 6.92 Å². The Morgan fingerprint density at radius 1 is 1.60 bits per heavy atom. The highest BCUT2D eigenvalue weighted by molar-refractivity contribution is 7.80. The van der Waals surface area contributed by atoms with Crippen molar-refractivity contribution in [1.29, 1.82) is 0 Å². The van der Waals surface area contributed by atoms with Gasteiger partial charge in [-0.05, 0) is 18.6 Å². The molecule has 80 valence electrons. The lowest BCUT2D eigenvalue weighted by molar-refractivity contribution is 0.0956. The molecular weight excluding hydrogens is 212 g/mol. The summed E-state index contributed by atoms with van der Waals surface area (Å²) in [6.07, 6.45) is 0. The minimum absolute atomic E-state index is 0.0158. The Bertz CT molecular complexity index is 404. The van der Waals surface area contributed by atoms with Crippen LogP contribution >= 0.6 is 12.2 Å². The minimum atomic E-state index is -0.385. The summed E-state index contributed by atoms with van der Waals surface area (Å²) in [7, 11) is 0. The minimum Gasteiger partial charge on any atom is -0.507 e. The summed E-state index contributed by atoms with van der Waals surface area (Å²) in [5, 5.41) is 12.1. The summed E-state index contributed by atoms with van der Waals surface area (Å²) in [6, 6.07) is 4.96. The van der Waals surface area contributed by atoms with E-state index in [2.05, 4.69) is 17.5 Å². The van der Waals surface area contributed by atoms with Crippen molar-refractivity contribution >= 4 is 23.1 Å². The van der Waals surface area contributed by atoms with Crippen molar-refractivity contribution in [2.24, 2.45) is 5.73 Å². The molecule has 0 heterocycles. The van der Waals surface area contributed by atoms with Gasteiger partial charge in [-0.3, -0.25) is 4.79 Å². The largest absolute Gasteiger partial charge is 0.507 e. The molecule has 1 aromatic rings. The topological polar surface area (TPSA) is 75.4 Å². The number of amides is 1. The lowest BCUT2D eigenvalue weighted by atomic mass is 10.1. The van der Waals surface area contributed by atoms with Crippen molar-refractivity contribution in [3.63, 3.8) is 0 Å². The highest BCUT2D eigenvalue weighted by atomic mass is 32.1. The number of thiocarbonyl (C=S) groups is 1. The van der Waals surface area contributed by atoms with Crippen LogP contribution in [0.5, 0.6) is 5.75 Å². The molecule has 1 amide bonds. The lowest BCUT2D eigenvalue weighted by Gasteiger charge is -2.07. The summed E-state index contributed by atoms with van der Waals surface area (Å²) in [5.41, 5.74) is 6.12. The molecule has 5 heteroatoms. The molecule has 0 unspecified atom stereocenters. The number of phenols is 1. The number of rotatable bonds is 3. The molecule has 4 N–H and O–H groups in total. The van der Waals surface area contributed by atoms with Gasteiger partial charge in [0.15, 0.2) is 0 Å². The Morgan fingerprint density at radius 2 is 2.27 bits per heavy atom. The molecule has 0 aromatic heterocycles. The number of hydrogen-bond acceptors (Lipinski definition) is 3. The van der Waals surface area contributed by atoms with E-state index in [0.29, 0.717) is 5.56 Å². The predicted molar refractivity (Wildman–Crippen MR) is 62.0 cm³/mol. The van der Waals surface area contributed by atoms with Gasteiger partial charge in [0.1, 0.15) is 5.75 Å². The number of nitrogens with two attached hydrogens (primary N) is 1. The molecule has 0 spiro atoms. The summed E-state index contributed by atoms with van der Waals surface area (Å²) in [4.78, 5) is 11.7. The fraction of sp³-hybridized carbons (Fsp3) is 0.200. The molecule has 4 nitrogen and oxygen atoms in total. The van der Waals surface area contributed by atoms with Crippen LogP contribution in [0.15, 0.2) is 18.2 Å². The zero-order valence-electron chi connectivity index (χ0n) is 8.28. The van der Waals surface area contributed by atoms with Crippen LogP contribution < -0.4 is 11.1 Å². The molecular formula is C10H12N2O2S. The highest BCUT2D eigenvalue weighted by Crippen LogP contribution is 2.20. The third-order valence-corrected chi connectivity index (χ3v) is 2.05. The van der Waals surface area contributed by atoms with Gasteiger partial charge < -0.3 is 16.2 Å². The van der Waals surface area contributed by atoms with Crippen LogP contribution in [0.25, 0.3) is 0 Å². The van der Waals surface area contributed by atoms with Gasteiger partial charge in [0, 0.05) is 0 Å². The van der Waals surface area contributed by atoms with E-state index in [4.69, 9.17) is 5.73 Å². The van der Waals surface area contributed by atoms with E-state index in [1.54, 1.807) is 19.1 Å². The van der Waals surface area contributed by atoms with E-state index in [1.165, 1.54) is 6.07 Å². The fourth-order valence-corrected chi connectivity index (χ4v) is 1.18. The maximum absolute atomic E-state index is 11.5. The van der Waals surface area contributed by atoms with Crippen molar-refractivity contribution in [3.05, 3.63) is 29.3 Å². The second-order valence-corrected chi connectivity index (χ2v) is 3.64. The molecule has 1 aromatic carbocycles. The van der Waals surface area contributed by atoms with Crippen LogP contribution in [0.3, 0.4) is 0 Å². The van der Waals surface area contributed by atoms with E-state index in [0.717, 1.165) is 0 Å². The normalized spacial score (nSPS) is 9.67. The molecule has 1 rings (SSSR count). The van der Waals surface area contributed by atoms with Crippen LogP contribution in [-0.4, -0.2) is 22.5 Å². The van der Waals surface area contributed by atoms with Crippen LogP contribution in [0.4, 0.5) is 0 Å². The van der Waals surface area contributed by atoms with Crippen LogP contribution in [0.2, 0.25) is 0 Å². The maximum Gasteiger partial charge on any atom is 0.255 e. The number of hydrogen-bond donors (Lipinski definition) is 3. The van der Waals surface area contributed by atoms with Gasteiger partial charge in [-0.1, -0.05) is 24.4 Å². The average molecular weight is 224 g/mol. The number of aryl methyl sites for hydroxylation is 1. The second-order valence-electron chi connectivity index (χ2n) is 3.12. The Hall–Kier alpha value is -1.62. The molecule has 0 fully saturated rings. The number of nitrogens with one attached hydrogen (secondary N) is 1. The lowest BCUT2D eigenvalue weighted by Crippen LogP contribution is -2.32. The van der Waals surface area contributed by atoms with Crippen LogP contribution in [0.1, 0.15) is 15.9 Å². The van der Waals surface area contributed by atoms with E-state index in [-0.39, 0.29) is 28.8 Å². The van der Waals surface area contributed by atoms with Gasteiger partial charge in [-0.2, -0.15) is 0 Å². The molecule has 0 aliphatic rings. The first-order chi connectivity index (χ1) is 7.02. The summed E-state index contributed by atoms with van der Waals surface area (Å²) < 4.78 is 0. The number of phenolic OH excluding ortho intramolecular Hbond substituents is 1. The smallest absolute Gasteiger partial charge is 0.255 e. The number of aromatic hydroxyl groups is 1. The summed E-state index contributed by atoms with van der Waals surface area (Å²) in [6.45, 7) is 1.85. The number of benzene rings is 1. The first kappa shape index (κ1) is 11.5. The first-order valence-corrected chi connectivity index (χ1v) is 4.78. The third-order valence-electron chi connectivity index (χ3n) is 1.91. The van der Waals surface area contributed by atoms with Crippen molar-refractivity contribution in [1.82, 2.24) is 5.32 Å². The van der Waals surface area contributed by atoms with Crippen molar-refractivity contribution < 1.29 is 9.90 Å². The molecule has 0 radical (unpaired) electrons. The zero-order chi connectivity index (χ0) is 11.4. The molecule has 0 atom stereocenters. The van der Waals surface area contributed by atoms with E-state index in [1.807, 2.05) is 0 Å². The maximum atomic E-state index is 11.5. The zero-order valence-corrected chi connectivity index (χ0v) is 9.10. The first-order valence-electron chi connectivity index (χ1n) is 4.37. The quantitative estimate of drug-likeness (QED) is 0.661. The molecule has 0 aliphatic carbocycles. The Kier molecular flexibility index (Phi) is 3.62.